The highest BCUT2D eigenvalue weighted by molar-refractivity contribution is 6.67. The summed E-state index contributed by atoms with van der Waals surface area (Å²) < 4.78 is 8.65. The van der Waals surface area contributed by atoms with E-state index in [0.717, 1.165) is 22.3 Å². The minimum absolute atomic E-state index is 0.0652. The Morgan fingerprint density at radius 2 is 1.55 bits per heavy atom. The highest BCUT2D eigenvalue weighted by atomic mass is 35.6. The van der Waals surface area contributed by atoms with Crippen molar-refractivity contribution >= 4 is 46.9 Å². The Morgan fingerprint density at radius 3 is 2.07 bits per heavy atom. The van der Waals surface area contributed by atoms with Crippen molar-refractivity contribution in [1.29, 1.82) is 0 Å². The van der Waals surface area contributed by atoms with Crippen molar-refractivity contribution < 1.29 is 19.1 Å². The number of fused-ring (bicyclic) bond motifs is 3. The quantitative estimate of drug-likeness (QED) is 0.478. The maximum absolute atomic E-state index is 12.3. The number of hydrogen-bond donors (Lipinski definition) is 1. The first-order valence-electron chi connectivity index (χ1n) is 9.15. The summed E-state index contributed by atoms with van der Waals surface area (Å²) >= 11 is 16.7. The Labute approximate surface area is 184 Å². The van der Waals surface area contributed by atoms with Gasteiger partial charge in [0, 0.05) is 5.92 Å². The zero-order valence-corrected chi connectivity index (χ0v) is 17.9. The molecule has 0 bridgehead atoms. The third kappa shape index (κ3) is 5.35. The molecule has 0 saturated heterocycles. The molecule has 2 aromatic carbocycles. The minimum Gasteiger partial charge on any atom is -0.460 e. The Morgan fingerprint density at radius 1 is 1.00 bits per heavy atom. The summed E-state index contributed by atoms with van der Waals surface area (Å²) in [5.41, 5.74) is 4.49. The molecule has 0 radical (unpaired) electrons. The summed E-state index contributed by atoms with van der Waals surface area (Å²) in [5, 5.41) is 2.51. The van der Waals surface area contributed by atoms with E-state index < -0.39 is 28.5 Å². The number of ether oxygens (including phenoxy) is 2. The Bertz CT molecular complexity index is 852. The van der Waals surface area contributed by atoms with Crippen molar-refractivity contribution in [3.05, 3.63) is 59.7 Å². The van der Waals surface area contributed by atoms with Gasteiger partial charge in [-0.2, -0.15) is 0 Å². The molecule has 1 atom stereocenters. The second kappa shape index (κ2) is 9.24. The normalized spacial score (nSPS) is 13.9. The van der Waals surface area contributed by atoms with Crippen LogP contribution in [0.3, 0.4) is 0 Å². The van der Waals surface area contributed by atoms with E-state index in [2.05, 4.69) is 17.4 Å². The topological polar surface area (TPSA) is 64.6 Å². The van der Waals surface area contributed by atoms with Crippen LogP contribution < -0.4 is 5.32 Å². The SMILES string of the molecule is CC[C@H](NC(=O)OCC1c2ccccc2-c2ccccc21)C(=O)OCC(Cl)(Cl)Cl. The van der Waals surface area contributed by atoms with Crippen molar-refractivity contribution in [2.45, 2.75) is 29.1 Å². The van der Waals surface area contributed by atoms with Gasteiger partial charge in [-0.3, -0.25) is 0 Å². The second-order valence-corrected chi connectivity index (χ2v) is 9.17. The van der Waals surface area contributed by atoms with E-state index in [1.807, 2.05) is 36.4 Å². The summed E-state index contributed by atoms with van der Waals surface area (Å²) in [6, 6.07) is 15.2. The van der Waals surface area contributed by atoms with E-state index >= 15 is 0 Å². The number of rotatable bonds is 6. The predicted molar refractivity (Wildman–Crippen MR) is 114 cm³/mol. The number of esters is 1. The monoisotopic (exact) mass is 455 g/mol. The molecule has 1 N–H and O–H groups in total. The van der Waals surface area contributed by atoms with Gasteiger partial charge in [0.05, 0.1) is 0 Å². The number of hydrogen-bond acceptors (Lipinski definition) is 4. The lowest BCUT2D eigenvalue weighted by Gasteiger charge is -2.19. The molecule has 0 fully saturated rings. The number of halogens is 3. The molecule has 0 heterocycles. The first kappa shape index (κ1) is 21.8. The summed E-state index contributed by atoms with van der Waals surface area (Å²) in [5.74, 6) is -0.753. The number of benzene rings is 2. The molecule has 0 aromatic heterocycles. The van der Waals surface area contributed by atoms with E-state index in [0.29, 0.717) is 6.42 Å². The third-order valence-corrected chi connectivity index (χ3v) is 5.03. The van der Waals surface area contributed by atoms with Crippen LogP contribution in [0.25, 0.3) is 11.1 Å². The summed E-state index contributed by atoms with van der Waals surface area (Å²) in [7, 11) is 0. The van der Waals surface area contributed by atoms with Crippen molar-refractivity contribution in [2.24, 2.45) is 0 Å². The largest absolute Gasteiger partial charge is 0.460 e. The fourth-order valence-corrected chi connectivity index (χ4v) is 3.53. The highest BCUT2D eigenvalue weighted by Crippen LogP contribution is 2.44. The van der Waals surface area contributed by atoms with Crippen LogP contribution in [0.4, 0.5) is 4.79 Å². The Hall–Kier alpha value is -1.95. The molecule has 1 aliphatic carbocycles. The fraction of sp³-hybridized carbons (Fsp3) is 0.333. The van der Waals surface area contributed by atoms with E-state index in [4.69, 9.17) is 44.3 Å². The smallest absolute Gasteiger partial charge is 0.407 e. The van der Waals surface area contributed by atoms with Gasteiger partial charge in [0.15, 0.2) is 0 Å². The molecular formula is C21H20Cl3NO4. The summed E-state index contributed by atoms with van der Waals surface area (Å²) in [6.07, 6.45) is -0.396. The molecule has 5 nitrogen and oxygen atoms in total. The van der Waals surface area contributed by atoms with Crippen LogP contribution in [0.1, 0.15) is 30.4 Å². The van der Waals surface area contributed by atoms with E-state index in [9.17, 15) is 9.59 Å². The molecule has 154 valence electrons. The molecule has 3 rings (SSSR count). The van der Waals surface area contributed by atoms with E-state index in [-0.39, 0.29) is 12.5 Å². The standard InChI is InChI=1S/C21H20Cl3NO4/c1-2-18(19(26)29-12-21(22,23)24)25-20(27)28-11-17-15-9-5-3-7-13(15)14-8-4-6-10-16(14)17/h3-10,17-18H,2,11-12H2,1H3,(H,25,27)/t18-/m0/s1. The van der Waals surface area contributed by atoms with Crippen LogP contribution in [-0.2, 0) is 14.3 Å². The molecule has 29 heavy (non-hydrogen) atoms. The molecule has 1 amide bonds. The van der Waals surface area contributed by atoms with Crippen LogP contribution in [-0.4, -0.2) is 35.1 Å². The van der Waals surface area contributed by atoms with Crippen LogP contribution in [0, 0.1) is 0 Å². The zero-order valence-electron chi connectivity index (χ0n) is 15.7. The number of alkyl carbamates (subject to hydrolysis) is 1. The van der Waals surface area contributed by atoms with Crippen molar-refractivity contribution in [3.63, 3.8) is 0 Å². The molecular weight excluding hydrogens is 437 g/mol. The summed E-state index contributed by atoms with van der Waals surface area (Å²) in [4.78, 5) is 24.4. The average molecular weight is 457 g/mol. The maximum Gasteiger partial charge on any atom is 0.407 e. The van der Waals surface area contributed by atoms with E-state index in [1.54, 1.807) is 6.92 Å². The van der Waals surface area contributed by atoms with Gasteiger partial charge in [0.2, 0.25) is 3.79 Å². The van der Waals surface area contributed by atoms with Gasteiger partial charge in [-0.25, -0.2) is 9.59 Å². The predicted octanol–water partition coefficient (Wildman–Crippen LogP) is 5.22. The van der Waals surface area contributed by atoms with E-state index in [1.165, 1.54) is 0 Å². The molecule has 2 aromatic rings. The number of carbonyl (C=O) groups excluding carboxylic acids is 2. The fourth-order valence-electron chi connectivity index (χ4n) is 3.36. The number of amides is 1. The number of nitrogens with one attached hydrogen (secondary N) is 1. The summed E-state index contributed by atoms with van der Waals surface area (Å²) in [6.45, 7) is 1.48. The van der Waals surface area contributed by atoms with Crippen LogP contribution in [0.2, 0.25) is 0 Å². The Balaban J connectivity index is 1.61. The van der Waals surface area contributed by atoms with Gasteiger partial charge in [-0.05, 0) is 28.7 Å². The number of alkyl halides is 3. The van der Waals surface area contributed by atoms with Gasteiger partial charge < -0.3 is 14.8 Å². The average Bonchev–Trinajstić information content (AvgIpc) is 3.02. The number of carbonyl (C=O) groups is 2. The lowest BCUT2D eigenvalue weighted by Crippen LogP contribution is -2.42. The first-order valence-corrected chi connectivity index (χ1v) is 10.3. The van der Waals surface area contributed by atoms with Gasteiger partial charge in [-0.15, -0.1) is 0 Å². The molecule has 0 aliphatic heterocycles. The Kier molecular flexibility index (Phi) is 6.93. The van der Waals surface area contributed by atoms with Gasteiger partial charge in [-0.1, -0.05) is 90.3 Å². The first-order chi connectivity index (χ1) is 13.8. The third-order valence-electron chi connectivity index (χ3n) is 4.71. The molecule has 1 aliphatic rings. The lowest BCUT2D eigenvalue weighted by atomic mass is 9.98. The van der Waals surface area contributed by atoms with Crippen molar-refractivity contribution in [2.75, 3.05) is 13.2 Å². The highest BCUT2D eigenvalue weighted by Gasteiger charge is 2.30. The van der Waals surface area contributed by atoms with Crippen LogP contribution in [0.5, 0.6) is 0 Å². The van der Waals surface area contributed by atoms with Gasteiger partial charge in [0.25, 0.3) is 0 Å². The van der Waals surface area contributed by atoms with Gasteiger partial charge >= 0.3 is 12.1 Å². The van der Waals surface area contributed by atoms with Crippen LogP contribution in [0.15, 0.2) is 48.5 Å². The maximum atomic E-state index is 12.3. The molecule has 0 spiro atoms. The lowest BCUT2D eigenvalue weighted by molar-refractivity contribution is -0.146. The molecule has 0 unspecified atom stereocenters. The minimum atomic E-state index is -1.71. The second-order valence-electron chi connectivity index (χ2n) is 6.65. The van der Waals surface area contributed by atoms with Crippen LogP contribution >= 0.6 is 34.8 Å². The van der Waals surface area contributed by atoms with Crippen molar-refractivity contribution in [3.8, 4) is 11.1 Å². The van der Waals surface area contributed by atoms with Gasteiger partial charge in [0.1, 0.15) is 19.3 Å². The molecule has 0 saturated carbocycles. The molecule has 8 heteroatoms. The van der Waals surface area contributed by atoms with Crippen molar-refractivity contribution in [1.82, 2.24) is 5.32 Å². The zero-order chi connectivity index (χ0) is 21.0.